The van der Waals surface area contributed by atoms with Crippen molar-refractivity contribution in [1.29, 1.82) is 0 Å². The number of esters is 1. The number of carbonyl (C=O) groups is 1. The Balaban J connectivity index is 2.40. The van der Waals surface area contributed by atoms with E-state index in [4.69, 9.17) is 10.5 Å². The summed E-state index contributed by atoms with van der Waals surface area (Å²) in [5, 5.41) is -0.906. The summed E-state index contributed by atoms with van der Waals surface area (Å²) in [6, 6.07) is 7.59. The van der Waals surface area contributed by atoms with Crippen molar-refractivity contribution >= 4 is 15.8 Å². The maximum atomic E-state index is 12.3. The van der Waals surface area contributed by atoms with Crippen molar-refractivity contribution in [2.75, 3.05) is 12.4 Å². The fraction of sp³-hybridized carbons (Fsp3) is 0.562. The van der Waals surface area contributed by atoms with E-state index in [-0.39, 0.29) is 12.4 Å². The molecule has 5 nitrogen and oxygen atoms in total. The number of nitrogens with two attached hydrogens (primary N) is 1. The molecule has 22 heavy (non-hydrogen) atoms. The molecule has 0 aromatic heterocycles. The highest BCUT2D eigenvalue weighted by Crippen LogP contribution is 2.55. The molecule has 0 amide bonds. The van der Waals surface area contributed by atoms with E-state index in [1.165, 1.54) is 0 Å². The third kappa shape index (κ3) is 2.65. The Morgan fingerprint density at radius 3 is 2.27 bits per heavy atom. The summed E-state index contributed by atoms with van der Waals surface area (Å²) in [7, 11) is -3.43. The number of sulfone groups is 1. The van der Waals surface area contributed by atoms with Crippen LogP contribution in [0.2, 0.25) is 0 Å². The Morgan fingerprint density at radius 1 is 1.23 bits per heavy atom. The summed E-state index contributed by atoms with van der Waals surface area (Å²) >= 11 is 0. The zero-order valence-corrected chi connectivity index (χ0v) is 14.0. The van der Waals surface area contributed by atoms with Crippen LogP contribution in [-0.4, -0.2) is 37.5 Å². The number of aryl methyl sites for hydroxylation is 1. The maximum Gasteiger partial charge on any atom is 0.328 e. The Kier molecular flexibility index (Phi) is 4.63. The van der Waals surface area contributed by atoms with E-state index in [1.807, 2.05) is 31.2 Å². The number of hydrogen-bond acceptors (Lipinski definition) is 5. The smallest absolute Gasteiger partial charge is 0.328 e. The highest BCUT2D eigenvalue weighted by molar-refractivity contribution is 7.92. The van der Waals surface area contributed by atoms with Gasteiger partial charge in [-0.3, -0.25) is 0 Å². The lowest BCUT2D eigenvalue weighted by atomic mass is 10.0. The lowest BCUT2D eigenvalue weighted by Gasteiger charge is -2.11. The van der Waals surface area contributed by atoms with Gasteiger partial charge in [0.05, 0.1) is 11.9 Å². The monoisotopic (exact) mass is 325 g/mol. The highest BCUT2D eigenvalue weighted by atomic mass is 32.2. The van der Waals surface area contributed by atoms with Gasteiger partial charge in [0, 0.05) is 11.7 Å². The van der Waals surface area contributed by atoms with E-state index in [1.54, 1.807) is 13.8 Å². The van der Waals surface area contributed by atoms with Crippen molar-refractivity contribution in [3.8, 4) is 0 Å². The van der Waals surface area contributed by atoms with Gasteiger partial charge in [-0.25, -0.2) is 13.2 Å². The Labute approximate surface area is 131 Å². The van der Waals surface area contributed by atoms with Crippen LogP contribution in [0.4, 0.5) is 0 Å². The minimum atomic E-state index is -3.43. The number of ether oxygens (including phenoxy) is 1. The van der Waals surface area contributed by atoms with Crippen LogP contribution in [0.1, 0.15) is 37.8 Å². The van der Waals surface area contributed by atoms with Crippen LogP contribution in [0.3, 0.4) is 0 Å². The van der Waals surface area contributed by atoms with E-state index in [0.29, 0.717) is 0 Å². The Hall–Kier alpha value is -1.40. The molecule has 0 spiro atoms. The standard InChI is InChI=1S/C16H23NO4S/c1-4-11-7-9-12(10-8-11)13-14(22(19,20)6-3)16(13,17)15(18)21-5-2/h7-10,13-14H,4-6,17H2,1-3H3/t13-,14-,16-/m0/s1. The summed E-state index contributed by atoms with van der Waals surface area (Å²) in [6.45, 7) is 5.47. The molecule has 6 heteroatoms. The highest BCUT2D eigenvalue weighted by Gasteiger charge is 2.74. The number of benzene rings is 1. The molecule has 0 radical (unpaired) electrons. The summed E-state index contributed by atoms with van der Waals surface area (Å²) in [5.74, 6) is -1.22. The van der Waals surface area contributed by atoms with Crippen molar-refractivity contribution in [3.05, 3.63) is 35.4 Å². The third-order valence-electron chi connectivity index (χ3n) is 4.34. The van der Waals surface area contributed by atoms with E-state index < -0.39 is 32.5 Å². The quantitative estimate of drug-likeness (QED) is 0.799. The molecule has 1 aliphatic carbocycles. The zero-order valence-electron chi connectivity index (χ0n) is 13.2. The zero-order chi connectivity index (χ0) is 16.5. The summed E-state index contributed by atoms with van der Waals surface area (Å²) in [5.41, 5.74) is 6.63. The van der Waals surface area contributed by atoms with Gasteiger partial charge in [-0.2, -0.15) is 0 Å². The molecule has 1 aromatic rings. The maximum absolute atomic E-state index is 12.3. The summed E-state index contributed by atoms with van der Waals surface area (Å²) < 4.78 is 29.6. The van der Waals surface area contributed by atoms with Crippen molar-refractivity contribution < 1.29 is 17.9 Å². The first-order chi connectivity index (χ1) is 10.3. The first-order valence-electron chi connectivity index (χ1n) is 7.59. The molecule has 1 aromatic carbocycles. The van der Waals surface area contributed by atoms with Crippen LogP contribution in [0.25, 0.3) is 0 Å². The lowest BCUT2D eigenvalue weighted by molar-refractivity contribution is -0.145. The first-order valence-corrected chi connectivity index (χ1v) is 9.30. The molecule has 0 heterocycles. The summed E-state index contributed by atoms with van der Waals surface area (Å²) in [4.78, 5) is 12.2. The molecular weight excluding hydrogens is 302 g/mol. The van der Waals surface area contributed by atoms with Crippen molar-refractivity contribution in [1.82, 2.24) is 0 Å². The van der Waals surface area contributed by atoms with Crippen LogP contribution in [-0.2, 0) is 25.8 Å². The lowest BCUT2D eigenvalue weighted by Crippen LogP contribution is -2.41. The SMILES string of the molecule is CCOC(=O)[C@]1(N)[C@@H](c2ccc(CC)cc2)[C@@H]1S(=O)(=O)CC. The molecule has 1 saturated carbocycles. The second-order valence-electron chi connectivity index (χ2n) is 5.60. The van der Waals surface area contributed by atoms with E-state index >= 15 is 0 Å². The number of hydrogen-bond donors (Lipinski definition) is 1. The first kappa shape index (κ1) is 17.0. The molecule has 0 aliphatic heterocycles. The molecule has 0 unspecified atom stereocenters. The van der Waals surface area contributed by atoms with E-state index in [0.717, 1.165) is 17.5 Å². The minimum absolute atomic E-state index is 0.0421. The van der Waals surface area contributed by atoms with Crippen LogP contribution < -0.4 is 5.73 Å². The van der Waals surface area contributed by atoms with E-state index in [9.17, 15) is 13.2 Å². The molecule has 122 valence electrons. The van der Waals surface area contributed by atoms with Gasteiger partial charge in [-0.1, -0.05) is 38.1 Å². The van der Waals surface area contributed by atoms with Gasteiger partial charge in [0.25, 0.3) is 0 Å². The van der Waals surface area contributed by atoms with Gasteiger partial charge in [0.1, 0.15) is 5.54 Å². The second kappa shape index (κ2) is 6.01. The largest absolute Gasteiger partial charge is 0.465 e. The molecule has 2 rings (SSSR count). The van der Waals surface area contributed by atoms with Crippen molar-refractivity contribution in [2.24, 2.45) is 5.73 Å². The topological polar surface area (TPSA) is 86.5 Å². The van der Waals surface area contributed by atoms with Crippen LogP contribution >= 0.6 is 0 Å². The van der Waals surface area contributed by atoms with Crippen LogP contribution in [0, 0.1) is 0 Å². The molecule has 0 saturated heterocycles. The normalized spacial score (nSPS) is 27.5. The molecule has 0 bridgehead atoms. The third-order valence-corrected chi connectivity index (χ3v) is 6.59. The van der Waals surface area contributed by atoms with Gasteiger partial charge >= 0.3 is 5.97 Å². The van der Waals surface area contributed by atoms with Gasteiger partial charge in [-0.15, -0.1) is 0 Å². The predicted octanol–water partition coefficient (Wildman–Crippen LogP) is 1.41. The number of carbonyl (C=O) groups excluding carboxylic acids is 1. The average Bonchev–Trinajstić information content (AvgIpc) is 3.16. The van der Waals surface area contributed by atoms with Gasteiger partial charge in [0.2, 0.25) is 0 Å². The van der Waals surface area contributed by atoms with E-state index in [2.05, 4.69) is 0 Å². The molecule has 1 aliphatic rings. The Bertz CT molecular complexity index is 653. The fourth-order valence-corrected chi connectivity index (χ4v) is 4.88. The van der Waals surface area contributed by atoms with Crippen LogP contribution in [0.15, 0.2) is 24.3 Å². The second-order valence-corrected chi connectivity index (χ2v) is 8.01. The van der Waals surface area contributed by atoms with Gasteiger partial charge in [0.15, 0.2) is 9.84 Å². The molecular formula is C16H23NO4S. The van der Waals surface area contributed by atoms with Crippen LogP contribution in [0.5, 0.6) is 0 Å². The molecule has 3 atom stereocenters. The van der Waals surface area contributed by atoms with Gasteiger partial charge in [-0.05, 0) is 24.5 Å². The molecule has 2 N–H and O–H groups in total. The van der Waals surface area contributed by atoms with Gasteiger partial charge < -0.3 is 10.5 Å². The minimum Gasteiger partial charge on any atom is -0.465 e. The van der Waals surface area contributed by atoms with Crippen molar-refractivity contribution in [3.63, 3.8) is 0 Å². The predicted molar refractivity (Wildman–Crippen MR) is 85.4 cm³/mol. The fourth-order valence-electron chi connectivity index (χ4n) is 2.97. The van der Waals surface area contributed by atoms with Crippen molar-refractivity contribution in [2.45, 2.75) is 43.9 Å². The summed E-state index contributed by atoms with van der Waals surface area (Å²) in [6.07, 6.45) is 0.896. The Morgan fingerprint density at radius 2 is 1.82 bits per heavy atom. The number of rotatable bonds is 6. The average molecular weight is 325 g/mol. The molecule has 1 fully saturated rings.